The van der Waals surface area contributed by atoms with Gasteiger partial charge in [0.2, 0.25) is 5.91 Å². The Morgan fingerprint density at radius 2 is 2.05 bits per heavy atom. The van der Waals surface area contributed by atoms with E-state index in [4.69, 9.17) is 4.74 Å². The van der Waals surface area contributed by atoms with Crippen molar-refractivity contribution >= 4 is 17.3 Å². The molecule has 0 unspecified atom stereocenters. The summed E-state index contributed by atoms with van der Waals surface area (Å²) >= 11 is 0. The number of rotatable bonds is 3. The lowest BCUT2D eigenvalue weighted by Gasteiger charge is -2.39. The summed E-state index contributed by atoms with van der Waals surface area (Å²) in [5.74, 6) is -0.171. The molecule has 0 N–H and O–H groups in total. The van der Waals surface area contributed by atoms with Gasteiger partial charge in [-0.2, -0.15) is 0 Å². The van der Waals surface area contributed by atoms with Crippen LogP contribution in [0.3, 0.4) is 0 Å². The number of hydrogen-bond donors (Lipinski definition) is 0. The van der Waals surface area contributed by atoms with Gasteiger partial charge < -0.3 is 14.5 Å². The zero-order valence-electron chi connectivity index (χ0n) is 13.1. The topological polar surface area (TPSA) is 32.8 Å². The SMILES string of the molecule is CCCN1CCN(C(=O)C2CCOCC2)c2cc(F)ccc21. The highest BCUT2D eigenvalue weighted by Gasteiger charge is 2.32. The van der Waals surface area contributed by atoms with Crippen molar-refractivity contribution in [3.05, 3.63) is 24.0 Å². The molecule has 0 aliphatic carbocycles. The Hall–Kier alpha value is -1.62. The fraction of sp³-hybridized carbons (Fsp3) is 0.588. The number of carbonyl (C=O) groups is 1. The second kappa shape index (κ2) is 6.65. The van der Waals surface area contributed by atoms with E-state index in [1.54, 1.807) is 11.0 Å². The van der Waals surface area contributed by atoms with Gasteiger partial charge in [0.05, 0.1) is 11.4 Å². The van der Waals surface area contributed by atoms with Crippen LogP contribution in [0.5, 0.6) is 0 Å². The van der Waals surface area contributed by atoms with Gasteiger partial charge in [-0.3, -0.25) is 4.79 Å². The maximum absolute atomic E-state index is 13.7. The van der Waals surface area contributed by atoms with Crippen molar-refractivity contribution in [3.8, 4) is 0 Å². The molecule has 1 aromatic rings. The molecule has 0 radical (unpaired) electrons. The van der Waals surface area contributed by atoms with Crippen LogP contribution < -0.4 is 9.80 Å². The molecule has 3 rings (SSSR count). The van der Waals surface area contributed by atoms with Gasteiger partial charge >= 0.3 is 0 Å². The highest BCUT2D eigenvalue weighted by molar-refractivity contribution is 5.99. The Labute approximate surface area is 130 Å². The number of anilines is 2. The first-order valence-electron chi connectivity index (χ1n) is 8.14. The van der Waals surface area contributed by atoms with E-state index in [1.807, 2.05) is 0 Å². The Balaban J connectivity index is 1.88. The van der Waals surface area contributed by atoms with Crippen LogP contribution in [0.4, 0.5) is 15.8 Å². The molecule has 22 heavy (non-hydrogen) atoms. The highest BCUT2D eigenvalue weighted by atomic mass is 19.1. The maximum Gasteiger partial charge on any atom is 0.230 e. The average Bonchev–Trinajstić information content (AvgIpc) is 2.55. The van der Waals surface area contributed by atoms with E-state index in [-0.39, 0.29) is 17.6 Å². The maximum atomic E-state index is 13.7. The summed E-state index contributed by atoms with van der Waals surface area (Å²) in [5, 5.41) is 0. The first-order chi connectivity index (χ1) is 10.7. The minimum Gasteiger partial charge on any atom is -0.381 e. The van der Waals surface area contributed by atoms with E-state index in [2.05, 4.69) is 11.8 Å². The van der Waals surface area contributed by atoms with E-state index in [0.29, 0.717) is 19.8 Å². The van der Waals surface area contributed by atoms with Crippen LogP contribution in [0.15, 0.2) is 18.2 Å². The first-order valence-corrected chi connectivity index (χ1v) is 8.14. The molecule has 1 saturated heterocycles. The monoisotopic (exact) mass is 306 g/mol. The molecule has 4 nitrogen and oxygen atoms in total. The third kappa shape index (κ3) is 2.95. The Bertz CT molecular complexity index is 543. The van der Waals surface area contributed by atoms with E-state index in [1.165, 1.54) is 12.1 Å². The molecule has 1 aromatic carbocycles. The van der Waals surface area contributed by atoms with Crippen molar-refractivity contribution in [2.75, 3.05) is 42.6 Å². The van der Waals surface area contributed by atoms with Gasteiger partial charge in [0.25, 0.3) is 0 Å². The smallest absolute Gasteiger partial charge is 0.230 e. The lowest BCUT2D eigenvalue weighted by Crippen LogP contribution is -2.47. The summed E-state index contributed by atoms with van der Waals surface area (Å²) in [6, 6.07) is 4.77. The molecule has 5 heteroatoms. The van der Waals surface area contributed by atoms with E-state index >= 15 is 0 Å². The quantitative estimate of drug-likeness (QED) is 0.861. The number of amides is 1. The van der Waals surface area contributed by atoms with Crippen LogP contribution in [-0.4, -0.2) is 38.8 Å². The minimum atomic E-state index is -0.290. The molecule has 0 saturated carbocycles. The van der Waals surface area contributed by atoms with Crippen LogP contribution in [0.25, 0.3) is 0 Å². The second-order valence-electron chi connectivity index (χ2n) is 6.00. The largest absolute Gasteiger partial charge is 0.381 e. The lowest BCUT2D eigenvalue weighted by molar-refractivity contribution is -0.125. The number of fused-ring (bicyclic) bond motifs is 1. The van der Waals surface area contributed by atoms with Gasteiger partial charge in [0.15, 0.2) is 0 Å². The van der Waals surface area contributed by atoms with Gasteiger partial charge in [-0.1, -0.05) is 6.92 Å². The second-order valence-corrected chi connectivity index (χ2v) is 6.00. The molecule has 120 valence electrons. The summed E-state index contributed by atoms with van der Waals surface area (Å²) in [7, 11) is 0. The van der Waals surface area contributed by atoms with Gasteiger partial charge in [-0.25, -0.2) is 4.39 Å². The molecule has 2 heterocycles. The summed E-state index contributed by atoms with van der Waals surface area (Å²) < 4.78 is 19.0. The van der Waals surface area contributed by atoms with Gasteiger partial charge in [0, 0.05) is 38.8 Å². The molecule has 0 spiro atoms. The van der Waals surface area contributed by atoms with Crippen molar-refractivity contribution in [2.24, 2.45) is 5.92 Å². The zero-order valence-corrected chi connectivity index (χ0v) is 13.1. The van der Waals surface area contributed by atoms with Crippen molar-refractivity contribution in [1.29, 1.82) is 0 Å². The highest BCUT2D eigenvalue weighted by Crippen LogP contribution is 2.35. The number of nitrogens with zero attached hydrogens (tertiary/aromatic N) is 2. The van der Waals surface area contributed by atoms with Crippen molar-refractivity contribution in [1.82, 2.24) is 0 Å². The lowest BCUT2D eigenvalue weighted by atomic mass is 9.97. The van der Waals surface area contributed by atoms with Gasteiger partial charge in [-0.05, 0) is 37.5 Å². The minimum absolute atomic E-state index is 0.00240. The van der Waals surface area contributed by atoms with Crippen LogP contribution in [0.1, 0.15) is 26.2 Å². The van der Waals surface area contributed by atoms with Crippen molar-refractivity contribution < 1.29 is 13.9 Å². The number of halogens is 1. The van der Waals surface area contributed by atoms with Crippen LogP contribution in [-0.2, 0) is 9.53 Å². The standard InChI is InChI=1S/C17H23FN2O2/c1-2-7-19-8-9-20(16-12-14(18)3-4-15(16)19)17(21)13-5-10-22-11-6-13/h3-4,12-13H,2,5-11H2,1H3. The number of carbonyl (C=O) groups excluding carboxylic acids is 1. The van der Waals surface area contributed by atoms with Gasteiger partial charge in [0.1, 0.15) is 5.82 Å². The number of hydrogen-bond acceptors (Lipinski definition) is 3. The van der Waals surface area contributed by atoms with Crippen molar-refractivity contribution in [2.45, 2.75) is 26.2 Å². The summed E-state index contributed by atoms with van der Waals surface area (Å²) in [4.78, 5) is 16.8. The molecule has 0 bridgehead atoms. The molecule has 2 aliphatic rings. The summed E-state index contributed by atoms with van der Waals surface area (Å²) in [6.45, 7) is 5.78. The Kier molecular flexibility index (Phi) is 4.62. The summed E-state index contributed by atoms with van der Waals surface area (Å²) in [5.41, 5.74) is 1.69. The first kappa shape index (κ1) is 15.3. The molecule has 0 aromatic heterocycles. The molecule has 1 fully saturated rings. The van der Waals surface area contributed by atoms with E-state index in [9.17, 15) is 9.18 Å². The van der Waals surface area contributed by atoms with Crippen LogP contribution in [0.2, 0.25) is 0 Å². The zero-order chi connectivity index (χ0) is 15.5. The molecule has 1 amide bonds. The Morgan fingerprint density at radius 3 is 2.77 bits per heavy atom. The van der Waals surface area contributed by atoms with E-state index < -0.39 is 0 Å². The fourth-order valence-electron chi connectivity index (χ4n) is 3.34. The van der Waals surface area contributed by atoms with Crippen LogP contribution >= 0.6 is 0 Å². The fourth-order valence-corrected chi connectivity index (χ4v) is 3.34. The third-order valence-electron chi connectivity index (χ3n) is 4.49. The number of ether oxygens (including phenoxy) is 1. The van der Waals surface area contributed by atoms with Crippen molar-refractivity contribution in [3.63, 3.8) is 0 Å². The summed E-state index contributed by atoms with van der Waals surface area (Å²) in [6.07, 6.45) is 2.56. The van der Waals surface area contributed by atoms with Crippen LogP contribution in [0, 0.1) is 11.7 Å². The van der Waals surface area contributed by atoms with Gasteiger partial charge in [-0.15, -0.1) is 0 Å². The predicted molar refractivity (Wildman–Crippen MR) is 84.8 cm³/mol. The number of benzene rings is 1. The van der Waals surface area contributed by atoms with E-state index in [0.717, 1.165) is 43.7 Å². The molecular weight excluding hydrogens is 283 g/mol. The average molecular weight is 306 g/mol. The molecular formula is C17H23FN2O2. The Morgan fingerprint density at radius 1 is 1.27 bits per heavy atom. The molecule has 0 atom stereocenters. The third-order valence-corrected chi connectivity index (χ3v) is 4.49. The normalized spacial score (nSPS) is 19.2. The molecule has 2 aliphatic heterocycles. The predicted octanol–water partition coefficient (Wildman–Crippen LogP) is 2.82.